The molecule has 1 N–H and O–H groups in total. The molecule has 0 fully saturated rings. The number of methoxy groups -OCH3 is 1. The lowest BCUT2D eigenvalue weighted by Gasteiger charge is -2.06. The first-order valence-electron chi connectivity index (χ1n) is 7.17. The fourth-order valence-electron chi connectivity index (χ4n) is 2.16. The number of nitrogens with one attached hydrogen (secondary N) is 1. The summed E-state index contributed by atoms with van der Waals surface area (Å²) in [6.07, 6.45) is 0.570. The average Bonchev–Trinajstić information content (AvgIpc) is 3.02. The zero-order valence-electron chi connectivity index (χ0n) is 12.8. The molecule has 0 unspecified atom stereocenters. The maximum atomic E-state index is 14.1. The van der Waals surface area contributed by atoms with Crippen LogP contribution in [0.2, 0.25) is 0 Å². The molecule has 1 amide bonds. The van der Waals surface area contributed by atoms with E-state index in [9.17, 15) is 9.18 Å². The van der Waals surface area contributed by atoms with Crippen LogP contribution < -0.4 is 10.1 Å². The first-order chi connectivity index (χ1) is 11.7. The number of ether oxygens (including phenoxy) is 1. The van der Waals surface area contributed by atoms with Crippen LogP contribution in [0.1, 0.15) is 21.7 Å². The lowest BCUT2D eigenvalue weighted by Crippen LogP contribution is -2.14. The summed E-state index contributed by atoms with van der Waals surface area (Å²) < 4.78 is 23.2. The maximum absolute atomic E-state index is 14.1. The fraction of sp³-hybridized carbons (Fsp3) is 0.118. The topological polar surface area (TPSA) is 64.1 Å². The van der Waals surface area contributed by atoms with Crippen molar-refractivity contribution in [2.45, 2.75) is 6.42 Å². The molecule has 0 aliphatic carbocycles. The van der Waals surface area contributed by atoms with Crippen molar-refractivity contribution in [3.63, 3.8) is 0 Å². The Morgan fingerprint density at radius 2 is 2.00 bits per heavy atom. The van der Waals surface area contributed by atoms with Gasteiger partial charge in [-0.1, -0.05) is 36.4 Å². The van der Waals surface area contributed by atoms with Gasteiger partial charge < -0.3 is 4.74 Å². The van der Waals surface area contributed by atoms with Gasteiger partial charge in [-0.3, -0.25) is 10.1 Å². The van der Waals surface area contributed by atoms with E-state index in [0.29, 0.717) is 17.4 Å². The van der Waals surface area contributed by atoms with Crippen LogP contribution in [0.5, 0.6) is 5.75 Å². The Morgan fingerprint density at radius 1 is 1.21 bits per heavy atom. The molecule has 7 heteroatoms. The molecule has 1 aromatic heterocycles. The Balaban J connectivity index is 1.72. The van der Waals surface area contributed by atoms with Gasteiger partial charge in [0, 0.05) is 18.0 Å². The third-order valence-corrected chi connectivity index (χ3v) is 3.99. The number of benzene rings is 2. The molecule has 1 heterocycles. The molecule has 0 saturated carbocycles. The van der Waals surface area contributed by atoms with Gasteiger partial charge in [-0.25, -0.2) is 9.37 Å². The summed E-state index contributed by atoms with van der Waals surface area (Å²) in [5.74, 6) is -0.669. The van der Waals surface area contributed by atoms with Crippen LogP contribution in [-0.2, 0) is 6.42 Å². The van der Waals surface area contributed by atoms with Crippen LogP contribution in [0.4, 0.5) is 9.52 Å². The molecule has 0 spiro atoms. The quantitative estimate of drug-likeness (QED) is 0.770. The third kappa shape index (κ3) is 3.57. The van der Waals surface area contributed by atoms with E-state index in [1.54, 1.807) is 6.07 Å². The molecule has 0 atom stereocenters. The molecule has 0 bridgehead atoms. The van der Waals surface area contributed by atoms with Crippen LogP contribution in [-0.4, -0.2) is 22.4 Å². The minimum Gasteiger partial charge on any atom is -0.494 e. The highest BCUT2D eigenvalue weighted by molar-refractivity contribution is 7.09. The molecule has 3 aromatic rings. The van der Waals surface area contributed by atoms with E-state index >= 15 is 0 Å². The van der Waals surface area contributed by atoms with E-state index in [1.807, 2.05) is 30.3 Å². The van der Waals surface area contributed by atoms with Gasteiger partial charge >= 0.3 is 0 Å². The summed E-state index contributed by atoms with van der Waals surface area (Å²) in [7, 11) is 1.35. The van der Waals surface area contributed by atoms with E-state index in [4.69, 9.17) is 4.74 Å². The fourth-order valence-corrected chi connectivity index (χ4v) is 2.74. The smallest absolute Gasteiger partial charge is 0.260 e. The number of hydrogen-bond donors (Lipinski definition) is 1. The SMILES string of the molecule is COc1cccc(C(=O)Nc2nc(Cc3ccccc3)ns2)c1F. The van der Waals surface area contributed by atoms with Crippen molar-refractivity contribution in [2.24, 2.45) is 0 Å². The number of anilines is 1. The molecule has 3 rings (SSSR count). The molecule has 122 valence electrons. The number of halogens is 1. The molecule has 0 aliphatic rings. The van der Waals surface area contributed by atoms with Crippen LogP contribution in [0, 0.1) is 5.82 Å². The van der Waals surface area contributed by atoms with Gasteiger partial charge in [-0.05, 0) is 17.7 Å². The van der Waals surface area contributed by atoms with Gasteiger partial charge in [0.05, 0.1) is 12.7 Å². The Morgan fingerprint density at radius 3 is 2.75 bits per heavy atom. The second kappa shape index (κ2) is 7.18. The zero-order valence-corrected chi connectivity index (χ0v) is 13.6. The van der Waals surface area contributed by atoms with Crippen LogP contribution in [0.15, 0.2) is 48.5 Å². The minimum absolute atomic E-state index is 0.0182. The highest BCUT2D eigenvalue weighted by Crippen LogP contribution is 2.21. The highest BCUT2D eigenvalue weighted by atomic mass is 32.1. The van der Waals surface area contributed by atoms with E-state index in [1.165, 1.54) is 19.2 Å². The Labute approximate surface area is 142 Å². The maximum Gasteiger partial charge on any atom is 0.260 e. The average molecular weight is 343 g/mol. The van der Waals surface area contributed by atoms with E-state index in [0.717, 1.165) is 17.1 Å². The van der Waals surface area contributed by atoms with Crippen LogP contribution >= 0.6 is 11.5 Å². The van der Waals surface area contributed by atoms with Gasteiger partial charge in [0.2, 0.25) is 5.13 Å². The number of carbonyl (C=O) groups is 1. The van der Waals surface area contributed by atoms with Crippen molar-refractivity contribution < 1.29 is 13.9 Å². The van der Waals surface area contributed by atoms with E-state index in [-0.39, 0.29) is 11.3 Å². The second-order valence-electron chi connectivity index (χ2n) is 4.95. The van der Waals surface area contributed by atoms with Gasteiger partial charge in [0.1, 0.15) is 5.82 Å². The van der Waals surface area contributed by atoms with Gasteiger partial charge in [-0.2, -0.15) is 4.37 Å². The van der Waals surface area contributed by atoms with Crippen molar-refractivity contribution in [3.8, 4) is 5.75 Å². The number of amides is 1. The monoisotopic (exact) mass is 343 g/mol. The van der Waals surface area contributed by atoms with Gasteiger partial charge in [0.25, 0.3) is 5.91 Å². The van der Waals surface area contributed by atoms with E-state index in [2.05, 4.69) is 14.7 Å². The summed E-state index contributed by atoms with van der Waals surface area (Å²) >= 11 is 1.06. The highest BCUT2D eigenvalue weighted by Gasteiger charge is 2.17. The molecule has 0 saturated heterocycles. The summed E-state index contributed by atoms with van der Waals surface area (Å²) in [6.45, 7) is 0. The molecule has 2 aromatic carbocycles. The number of nitrogens with zero attached hydrogens (tertiary/aromatic N) is 2. The molecule has 5 nitrogen and oxygen atoms in total. The first kappa shape index (κ1) is 16.1. The summed E-state index contributed by atoms with van der Waals surface area (Å²) in [5.41, 5.74) is 0.973. The second-order valence-corrected chi connectivity index (χ2v) is 5.71. The van der Waals surface area contributed by atoms with Crippen LogP contribution in [0.25, 0.3) is 0 Å². The zero-order chi connectivity index (χ0) is 16.9. The molecule has 0 aliphatic heterocycles. The van der Waals surface area contributed by atoms with Crippen molar-refractivity contribution in [1.82, 2.24) is 9.36 Å². The predicted octanol–water partition coefficient (Wildman–Crippen LogP) is 3.53. The Hall–Kier alpha value is -2.80. The number of aromatic nitrogens is 2. The van der Waals surface area contributed by atoms with Crippen molar-refractivity contribution >= 4 is 22.6 Å². The molecular weight excluding hydrogens is 329 g/mol. The normalized spacial score (nSPS) is 10.4. The number of hydrogen-bond acceptors (Lipinski definition) is 5. The van der Waals surface area contributed by atoms with Crippen molar-refractivity contribution in [3.05, 3.63) is 71.3 Å². The van der Waals surface area contributed by atoms with Gasteiger partial charge in [0.15, 0.2) is 11.6 Å². The lowest BCUT2D eigenvalue weighted by atomic mass is 10.1. The number of carbonyl (C=O) groups excluding carboxylic acids is 1. The summed E-state index contributed by atoms with van der Waals surface area (Å²) in [5, 5.41) is 2.89. The Kier molecular flexibility index (Phi) is 4.81. The first-order valence-corrected chi connectivity index (χ1v) is 7.95. The van der Waals surface area contributed by atoms with E-state index < -0.39 is 11.7 Å². The molecular formula is C17H14FN3O2S. The summed E-state index contributed by atoms with van der Waals surface area (Å²) in [4.78, 5) is 16.5. The molecule has 24 heavy (non-hydrogen) atoms. The minimum atomic E-state index is -0.702. The van der Waals surface area contributed by atoms with Gasteiger partial charge in [-0.15, -0.1) is 0 Å². The van der Waals surface area contributed by atoms with Crippen molar-refractivity contribution in [2.75, 3.05) is 12.4 Å². The standard InChI is InChI=1S/C17H14FN3O2S/c1-23-13-9-5-8-12(15(13)18)16(22)20-17-19-14(21-24-17)10-11-6-3-2-4-7-11/h2-9H,10H2,1H3,(H,19,20,21,22). The summed E-state index contributed by atoms with van der Waals surface area (Å²) in [6, 6.07) is 14.2. The Bertz CT molecular complexity index is 852. The largest absolute Gasteiger partial charge is 0.494 e. The number of rotatable bonds is 5. The third-order valence-electron chi connectivity index (χ3n) is 3.32. The predicted molar refractivity (Wildman–Crippen MR) is 90.1 cm³/mol. The molecule has 0 radical (unpaired) electrons. The van der Waals surface area contributed by atoms with Crippen LogP contribution in [0.3, 0.4) is 0 Å². The lowest BCUT2D eigenvalue weighted by molar-refractivity contribution is 0.102. The van der Waals surface area contributed by atoms with Crippen molar-refractivity contribution in [1.29, 1.82) is 0 Å².